The van der Waals surface area contributed by atoms with Crippen molar-refractivity contribution >= 4 is 0 Å². The van der Waals surface area contributed by atoms with Crippen LogP contribution in [0.4, 0.5) is 4.39 Å². The lowest BCUT2D eigenvalue weighted by Gasteiger charge is -2.37. The molecular formula is C23H35FO3. The zero-order valence-electron chi connectivity index (χ0n) is 16.9. The SMILES string of the molecule is CCCC[C@H]1CO[C@H]([C@H]2CC[C@H](c3ccc(COCC)c(F)c3)CC2)OC1. The van der Waals surface area contributed by atoms with Crippen molar-refractivity contribution in [2.24, 2.45) is 11.8 Å². The molecule has 0 N–H and O–H groups in total. The van der Waals surface area contributed by atoms with E-state index in [2.05, 4.69) is 13.0 Å². The summed E-state index contributed by atoms with van der Waals surface area (Å²) in [6.07, 6.45) is 8.02. The molecule has 2 fully saturated rings. The molecule has 0 aromatic heterocycles. The first-order chi connectivity index (χ1) is 13.2. The second-order valence-electron chi connectivity index (χ2n) is 8.14. The summed E-state index contributed by atoms with van der Waals surface area (Å²) in [6.45, 7) is 6.80. The minimum absolute atomic E-state index is 0.0332. The van der Waals surface area contributed by atoms with Crippen LogP contribution in [0.1, 0.15) is 75.8 Å². The van der Waals surface area contributed by atoms with Gasteiger partial charge in [-0.1, -0.05) is 31.9 Å². The topological polar surface area (TPSA) is 27.7 Å². The van der Waals surface area contributed by atoms with Crippen molar-refractivity contribution in [3.8, 4) is 0 Å². The van der Waals surface area contributed by atoms with Crippen molar-refractivity contribution in [3.63, 3.8) is 0 Å². The molecule has 0 bridgehead atoms. The van der Waals surface area contributed by atoms with E-state index in [9.17, 15) is 4.39 Å². The van der Waals surface area contributed by atoms with Gasteiger partial charge in [0.05, 0.1) is 19.8 Å². The molecule has 1 aromatic rings. The molecule has 1 aliphatic carbocycles. The molecule has 1 aliphatic heterocycles. The van der Waals surface area contributed by atoms with Crippen molar-refractivity contribution in [3.05, 3.63) is 35.1 Å². The van der Waals surface area contributed by atoms with Gasteiger partial charge < -0.3 is 14.2 Å². The molecule has 0 unspecified atom stereocenters. The largest absolute Gasteiger partial charge is 0.377 e. The summed E-state index contributed by atoms with van der Waals surface area (Å²) in [5.41, 5.74) is 1.77. The van der Waals surface area contributed by atoms with Gasteiger partial charge in [-0.2, -0.15) is 0 Å². The Balaban J connectivity index is 1.46. The van der Waals surface area contributed by atoms with Crippen molar-refractivity contribution in [1.29, 1.82) is 0 Å². The van der Waals surface area contributed by atoms with E-state index < -0.39 is 0 Å². The van der Waals surface area contributed by atoms with Gasteiger partial charge in [0, 0.05) is 24.0 Å². The monoisotopic (exact) mass is 378 g/mol. The molecule has 0 amide bonds. The summed E-state index contributed by atoms with van der Waals surface area (Å²) in [5, 5.41) is 0. The molecule has 0 atom stereocenters. The smallest absolute Gasteiger partial charge is 0.160 e. The Morgan fingerprint density at radius 1 is 1.07 bits per heavy atom. The maximum absolute atomic E-state index is 14.3. The summed E-state index contributed by atoms with van der Waals surface area (Å²) in [6, 6.07) is 5.68. The third-order valence-corrected chi connectivity index (χ3v) is 6.13. The van der Waals surface area contributed by atoms with Crippen molar-refractivity contribution < 1.29 is 18.6 Å². The minimum Gasteiger partial charge on any atom is -0.377 e. The van der Waals surface area contributed by atoms with Crippen molar-refractivity contribution in [1.82, 2.24) is 0 Å². The minimum atomic E-state index is -0.139. The fourth-order valence-electron chi connectivity index (χ4n) is 4.36. The number of hydrogen-bond acceptors (Lipinski definition) is 3. The summed E-state index contributed by atoms with van der Waals surface area (Å²) in [4.78, 5) is 0. The normalized spacial score (nSPS) is 29.0. The summed E-state index contributed by atoms with van der Waals surface area (Å²) in [5.74, 6) is 1.35. The Kier molecular flexibility index (Phi) is 8.10. The van der Waals surface area contributed by atoms with E-state index in [4.69, 9.17) is 14.2 Å². The Labute approximate surface area is 163 Å². The van der Waals surface area contributed by atoms with E-state index >= 15 is 0 Å². The molecule has 1 saturated heterocycles. The van der Waals surface area contributed by atoms with Gasteiger partial charge in [0.15, 0.2) is 6.29 Å². The number of unbranched alkanes of at least 4 members (excludes halogenated alkanes) is 1. The zero-order valence-corrected chi connectivity index (χ0v) is 16.9. The Hall–Kier alpha value is -0.970. The Morgan fingerprint density at radius 3 is 2.44 bits per heavy atom. The van der Waals surface area contributed by atoms with Crippen LogP contribution in [0.3, 0.4) is 0 Å². The van der Waals surface area contributed by atoms with Gasteiger partial charge in [-0.15, -0.1) is 0 Å². The maximum atomic E-state index is 14.3. The maximum Gasteiger partial charge on any atom is 0.160 e. The molecule has 3 nitrogen and oxygen atoms in total. The van der Waals surface area contributed by atoms with Gasteiger partial charge in [0.1, 0.15) is 5.82 Å². The van der Waals surface area contributed by atoms with Crippen LogP contribution in [0.2, 0.25) is 0 Å². The van der Waals surface area contributed by atoms with Crippen molar-refractivity contribution in [2.75, 3.05) is 19.8 Å². The predicted octanol–water partition coefficient (Wildman–Crippen LogP) is 5.82. The van der Waals surface area contributed by atoms with E-state index in [0.717, 1.165) is 44.5 Å². The lowest BCUT2D eigenvalue weighted by molar-refractivity contribution is -0.229. The molecule has 1 saturated carbocycles. The standard InChI is InChI=1S/C23H35FO3/c1-3-5-6-17-14-26-23(27-15-17)19-9-7-18(8-10-19)20-11-12-21(16-25-4-2)22(24)13-20/h11-13,17-19,23H,3-10,14-16H2,1-2H3/t17-,18-,19-,23-. The molecule has 4 heteroatoms. The molecular weight excluding hydrogens is 343 g/mol. The van der Waals surface area contributed by atoms with Gasteiger partial charge in [-0.3, -0.25) is 0 Å². The highest BCUT2D eigenvalue weighted by Crippen LogP contribution is 2.39. The van der Waals surface area contributed by atoms with Crippen LogP contribution in [0.15, 0.2) is 18.2 Å². The lowest BCUT2D eigenvalue weighted by Crippen LogP contribution is -2.38. The summed E-state index contributed by atoms with van der Waals surface area (Å²) in [7, 11) is 0. The summed E-state index contributed by atoms with van der Waals surface area (Å²) >= 11 is 0. The van der Waals surface area contributed by atoms with Crippen LogP contribution in [-0.2, 0) is 20.8 Å². The average Bonchev–Trinajstić information content (AvgIpc) is 2.72. The molecule has 2 aliphatic rings. The number of benzene rings is 1. The fraction of sp³-hybridized carbons (Fsp3) is 0.739. The van der Waals surface area contributed by atoms with Gasteiger partial charge in [-0.25, -0.2) is 4.39 Å². The number of hydrogen-bond donors (Lipinski definition) is 0. The van der Waals surface area contributed by atoms with E-state index in [0.29, 0.717) is 36.5 Å². The van der Waals surface area contributed by atoms with Crippen LogP contribution in [0, 0.1) is 17.7 Å². The highest BCUT2D eigenvalue weighted by atomic mass is 19.1. The second-order valence-corrected chi connectivity index (χ2v) is 8.14. The average molecular weight is 379 g/mol. The molecule has 27 heavy (non-hydrogen) atoms. The van der Waals surface area contributed by atoms with Crippen LogP contribution < -0.4 is 0 Å². The molecule has 1 aromatic carbocycles. The number of halogens is 1. The quantitative estimate of drug-likeness (QED) is 0.571. The van der Waals surface area contributed by atoms with Gasteiger partial charge in [0.2, 0.25) is 0 Å². The van der Waals surface area contributed by atoms with Crippen LogP contribution >= 0.6 is 0 Å². The van der Waals surface area contributed by atoms with Gasteiger partial charge >= 0.3 is 0 Å². The first-order valence-electron chi connectivity index (χ1n) is 10.8. The van der Waals surface area contributed by atoms with E-state index in [1.54, 1.807) is 6.07 Å². The molecule has 152 valence electrons. The molecule has 0 spiro atoms. The first kappa shape index (κ1) is 20.8. The predicted molar refractivity (Wildman–Crippen MR) is 105 cm³/mol. The highest BCUT2D eigenvalue weighted by molar-refractivity contribution is 5.27. The van der Waals surface area contributed by atoms with Gasteiger partial charge in [-0.05, 0) is 56.6 Å². The third kappa shape index (κ3) is 5.75. The first-order valence-corrected chi connectivity index (χ1v) is 10.8. The Bertz CT molecular complexity index is 561. The van der Waals surface area contributed by atoms with Crippen LogP contribution in [0.5, 0.6) is 0 Å². The second kappa shape index (κ2) is 10.5. The van der Waals surface area contributed by atoms with Crippen LogP contribution in [0.25, 0.3) is 0 Å². The molecule has 3 rings (SSSR count). The zero-order chi connectivity index (χ0) is 19.1. The van der Waals surface area contributed by atoms with Crippen LogP contribution in [-0.4, -0.2) is 26.1 Å². The highest BCUT2D eigenvalue weighted by Gasteiger charge is 2.32. The fourth-order valence-corrected chi connectivity index (χ4v) is 4.36. The van der Waals surface area contributed by atoms with Gasteiger partial charge in [0.25, 0.3) is 0 Å². The molecule has 1 heterocycles. The molecule has 0 radical (unpaired) electrons. The lowest BCUT2D eigenvalue weighted by atomic mass is 9.78. The van der Waals surface area contributed by atoms with Crippen molar-refractivity contribution in [2.45, 2.75) is 77.6 Å². The number of ether oxygens (including phenoxy) is 3. The van der Waals surface area contributed by atoms with E-state index in [1.807, 2.05) is 13.0 Å². The number of rotatable bonds is 8. The summed E-state index contributed by atoms with van der Waals surface area (Å²) < 4.78 is 31.7. The third-order valence-electron chi connectivity index (χ3n) is 6.13. The Morgan fingerprint density at radius 2 is 1.81 bits per heavy atom. The van der Waals surface area contributed by atoms with E-state index in [1.165, 1.54) is 19.3 Å². The van der Waals surface area contributed by atoms with E-state index in [-0.39, 0.29) is 12.1 Å².